The summed E-state index contributed by atoms with van der Waals surface area (Å²) in [6.45, 7) is 4.19. The summed E-state index contributed by atoms with van der Waals surface area (Å²) in [5.74, 6) is 0.620. The molecular weight excluding hydrogens is 162 g/mol. The van der Waals surface area contributed by atoms with E-state index in [0.717, 1.165) is 24.5 Å². The Labute approximate surface area is 78.6 Å². The van der Waals surface area contributed by atoms with Crippen molar-refractivity contribution >= 4 is 0 Å². The molecule has 3 heteroatoms. The molecule has 13 heavy (non-hydrogen) atoms. The molecule has 2 rings (SSSR count). The number of nitrogens with one attached hydrogen (secondary N) is 1. The van der Waals surface area contributed by atoms with Crippen LogP contribution in [0.4, 0.5) is 0 Å². The van der Waals surface area contributed by atoms with Crippen LogP contribution < -0.4 is 5.32 Å². The van der Waals surface area contributed by atoms with Crippen LogP contribution in [0.2, 0.25) is 0 Å². The highest BCUT2D eigenvalue weighted by Gasteiger charge is 2.15. The molecule has 0 bridgehead atoms. The van der Waals surface area contributed by atoms with Gasteiger partial charge in [0.15, 0.2) is 0 Å². The van der Waals surface area contributed by atoms with Gasteiger partial charge in [0.1, 0.15) is 0 Å². The molecule has 0 unspecified atom stereocenters. The van der Waals surface area contributed by atoms with E-state index in [1.165, 1.54) is 12.8 Å². The summed E-state index contributed by atoms with van der Waals surface area (Å²) in [5, 5.41) is 3.35. The minimum atomic E-state index is 0.620. The number of piperidine rings is 1. The molecule has 1 saturated heterocycles. The van der Waals surface area contributed by atoms with Gasteiger partial charge in [-0.25, -0.2) is 0 Å². The van der Waals surface area contributed by atoms with Gasteiger partial charge in [0, 0.05) is 18.3 Å². The lowest BCUT2D eigenvalue weighted by Gasteiger charge is -2.21. The monoisotopic (exact) mass is 177 g/mol. The number of nitrogens with zero attached hydrogens (tertiary/aromatic N) is 2. The Morgan fingerprint density at radius 2 is 2.00 bits per heavy atom. The van der Waals surface area contributed by atoms with Crippen LogP contribution in [0.25, 0.3) is 0 Å². The van der Waals surface area contributed by atoms with Gasteiger partial charge in [-0.15, -0.1) is 0 Å². The summed E-state index contributed by atoms with van der Waals surface area (Å²) >= 11 is 0. The first-order valence-corrected chi connectivity index (χ1v) is 4.85. The molecule has 0 amide bonds. The van der Waals surface area contributed by atoms with Gasteiger partial charge < -0.3 is 5.32 Å². The van der Waals surface area contributed by atoms with Crippen LogP contribution in [-0.4, -0.2) is 23.1 Å². The molecule has 0 atom stereocenters. The molecule has 2 heterocycles. The Morgan fingerprint density at radius 3 is 2.62 bits per heavy atom. The van der Waals surface area contributed by atoms with Crippen LogP contribution in [0.1, 0.15) is 30.1 Å². The molecule has 1 N–H and O–H groups in total. The first kappa shape index (κ1) is 8.63. The third-order valence-corrected chi connectivity index (χ3v) is 2.56. The van der Waals surface area contributed by atoms with Crippen LogP contribution >= 0.6 is 0 Å². The van der Waals surface area contributed by atoms with Crippen molar-refractivity contribution in [3.8, 4) is 0 Å². The van der Waals surface area contributed by atoms with Crippen LogP contribution in [0.15, 0.2) is 12.4 Å². The van der Waals surface area contributed by atoms with Gasteiger partial charge in [-0.1, -0.05) is 0 Å². The zero-order chi connectivity index (χ0) is 9.10. The summed E-state index contributed by atoms with van der Waals surface area (Å²) in [6.07, 6.45) is 6.16. The van der Waals surface area contributed by atoms with Crippen molar-refractivity contribution in [3.63, 3.8) is 0 Å². The van der Waals surface area contributed by atoms with Crippen LogP contribution in [0.5, 0.6) is 0 Å². The Bertz CT molecular complexity index is 262. The average molecular weight is 177 g/mol. The molecule has 0 spiro atoms. The molecule has 70 valence electrons. The maximum absolute atomic E-state index is 4.41. The third-order valence-electron chi connectivity index (χ3n) is 2.56. The maximum atomic E-state index is 4.41. The van der Waals surface area contributed by atoms with Gasteiger partial charge >= 0.3 is 0 Å². The second-order valence-electron chi connectivity index (χ2n) is 3.61. The Morgan fingerprint density at radius 1 is 1.23 bits per heavy atom. The van der Waals surface area contributed by atoms with Gasteiger partial charge in [0.2, 0.25) is 0 Å². The number of hydrogen-bond donors (Lipinski definition) is 1. The highest BCUT2D eigenvalue weighted by Crippen LogP contribution is 2.22. The van der Waals surface area contributed by atoms with Crippen molar-refractivity contribution in [1.29, 1.82) is 0 Å². The summed E-state index contributed by atoms with van der Waals surface area (Å²) in [7, 11) is 0. The zero-order valence-electron chi connectivity index (χ0n) is 7.95. The first-order valence-electron chi connectivity index (χ1n) is 4.85. The predicted octanol–water partition coefficient (Wildman–Crippen LogP) is 1.25. The average Bonchev–Trinajstić information content (AvgIpc) is 2.20. The Hall–Kier alpha value is -0.960. The molecule has 1 fully saturated rings. The molecular formula is C10H15N3. The molecule has 0 saturated carbocycles. The van der Waals surface area contributed by atoms with E-state index in [0.29, 0.717) is 5.92 Å². The van der Waals surface area contributed by atoms with Crippen molar-refractivity contribution in [1.82, 2.24) is 15.3 Å². The highest BCUT2D eigenvalue weighted by atomic mass is 14.9. The lowest BCUT2D eigenvalue weighted by molar-refractivity contribution is 0.452. The van der Waals surface area contributed by atoms with E-state index in [9.17, 15) is 0 Å². The Balaban J connectivity index is 2.10. The molecule has 1 aliphatic heterocycles. The molecule has 1 aliphatic rings. The van der Waals surface area contributed by atoms with E-state index < -0.39 is 0 Å². The van der Waals surface area contributed by atoms with Gasteiger partial charge in [0.05, 0.1) is 11.4 Å². The third kappa shape index (κ3) is 2.04. The largest absolute Gasteiger partial charge is 0.317 e. The van der Waals surface area contributed by atoms with Crippen molar-refractivity contribution in [2.75, 3.05) is 13.1 Å². The molecule has 0 aromatic carbocycles. The fourth-order valence-electron chi connectivity index (χ4n) is 1.73. The quantitative estimate of drug-likeness (QED) is 0.701. The van der Waals surface area contributed by atoms with E-state index in [1.807, 2.05) is 19.3 Å². The van der Waals surface area contributed by atoms with Crippen molar-refractivity contribution in [2.45, 2.75) is 25.7 Å². The number of hydrogen-bond acceptors (Lipinski definition) is 3. The van der Waals surface area contributed by atoms with Crippen LogP contribution in [0, 0.1) is 6.92 Å². The topological polar surface area (TPSA) is 37.8 Å². The summed E-state index contributed by atoms with van der Waals surface area (Å²) < 4.78 is 0. The van der Waals surface area contributed by atoms with Crippen molar-refractivity contribution < 1.29 is 0 Å². The summed E-state index contributed by atoms with van der Waals surface area (Å²) in [4.78, 5) is 8.68. The van der Waals surface area contributed by atoms with E-state index in [4.69, 9.17) is 0 Å². The van der Waals surface area contributed by atoms with Gasteiger partial charge in [-0.2, -0.15) is 0 Å². The fourth-order valence-corrected chi connectivity index (χ4v) is 1.73. The minimum absolute atomic E-state index is 0.620. The van der Waals surface area contributed by atoms with Gasteiger partial charge in [-0.3, -0.25) is 9.97 Å². The molecule has 1 aromatic rings. The first-order chi connectivity index (χ1) is 6.36. The smallest absolute Gasteiger partial charge is 0.0618 e. The fraction of sp³-hybridized carbons (Fsp3) is 0.600. The summed E-state index contributed by atoms with van der Waals surface area (Å²) in [5.41, 5.74) is 2.16. The molecule has 3 nitrogen and oxygen atoms in total. The van der Waals surface area contributed by atoms with Crippen LogP contribution in [0.3, 0.4) is 0 Å². The second kappa shape index (κ2) is 3.83. The van der Waals surface area contributed by atoms with E-state index in [2.05, 4.69) is 15.3 Å². The van der Waals surface area contributed by atoms with E-state index in [-0.39, 0.29) is 0 Å². The molecule has 0 radical (unpaired) electrons. The zero-order valence-corrected chi connectivity index (χ0v) is 7.95. The van der Waals surface area contributed by atoms with E-state index in [1.54, 1.807) is 0 Å². The molecule has 1 aromatic heterocycles. The standard InChI is InChI=1S/C10H15N3/c1-8-6-13-10(7-12-8)9-2-4-11-5-3-9/h6-7,9,11H,2-5H2,1H3. The summed E-state index contributed by atoms with van der Waals surface area (Å²) in [6, 6.07) is 0. The van der Waals surface area contributed by atoms with Crippen molar-refractivity contribution in [2.24, 2.45) is 0 Å². The second-order valence-corrected chi connectivity index (χ2v) is 3.61. The van der Waals surface area contributed by atoms with Crippen LogP contribution in [-0.2, 0) is 0 Å². The SMILES string of the molecule is Cc1cnc(C2CCNCC2)cn1. The highest BCUT2D eigenvalue weighted by molar-refractivity contribution is 5.07. The maximum Gasteiger partial charge on any atom is 0.0618 e. The minimum Gasteiger partial charge on any atom is -0.317 e. The number of rotatable bonds is 1. The lowest BCUT2D eigenvalue weighted by atomic mass is 9.95. The van der Waals surface area contributed by atoms with Crippen molar-refractivity contribution in [3.05, 3.63) is 23.8 Å². The molecule has 0 aliphatic carbocycles. The Kier molecular flexibility index (Phi) is 2.54. The lowest BCUT2D eigenvalue weighted by Crippen LogP contribution is -2.27. The normalized spacial score (nSPS) is 18.8. The van der Waals surface area contributed by atoms with Gasteiger partial charge in [0.25, 0.3) is 0 Å². The number of aromatic nitrogens is 2. The van der Waals surface area contributed by atoms with E-state index >= 15 is 0 Å². The van der Waals surface area contributed by atoms with Gasteiger partial charge in [-0.05, 0) is 32.9 Å². The number of aryl methyl sites for hydroxylation is 1. The predicted molar refractivity (Wildman–Crippen MR) is 51.6 cm³/mol.